The van der Waals surface area contributed by atoms with Crippen molar-refractivity contribution in [3.8, 4) is 22.8 Å². The standard InChI is InChI=1S/C22H18N4O3/c1-29-20-8-4-7-17(21(20)27)13-23-26-22(28)19-12-18(24-25-19)16-10-9-14-5-2-3-6-15(14)11-16/h2-13,27H,1H3,(H,24,25)(H,26,28)/b23-13-. The van der Waals surface area contributed by atoms with Crippen LogP contribution in [0.4, 0.5) is 0 Å². The topological polar surface area (TPSA) is 99.6 Å². The Morgan fingerprint density at radius 1 is 1.10 bits per heavy atom. The summed E-state index contributed by atoms with van der Waals surface area (Å²) in [5.41, 5.74) is 4.68. The highest BCUT2D eigenvalue weighted by Crippen LogP contribution is 2.28. The van der Waals surface area contributed by atoms with E-state index in [0.717, 1.165) is 16.3 Å². The van der Waals surface area contributed by atoms with Crippen molar-refractivity contribution in [1.29, 1.82) is 0 Å². The molecule has 0 saturated carbocycles. The zero-order valence-corrected chi connectivity index (χ0v) is 15.6. The van der Waals surface area contributed by atoms with Gasteiger partial charge in [0.05, 0.1) is 19.0 Å². The predicted molar refractivity (Wildman–Crippen MR) is 111 cm³/mol. The molecular weight excluding hydrogens is 368 g/mol. The number of hydrazone groups is 1. The Bertz CT molecular complexity index is 1210. The summed E-state index contributed by atoms with van der Waals surface area (Å²) in [6, 6.07) is 20.7. The van der Waals surface area contributed by atoms with Crippen molar-refractivity contribution in [2.24, 2.45) is 5.10 Å². The van der Waals surface area contributed by atoms with Gasteiger partial charge in [-0.15, -0.1) is 0 Å². The maximum absolute atomic E-state index is 12.3. The van der Waals surface area contributed by atoms with Crippen molar-refractivity contribution < 1.29 is 14.6 Å². The van der Waals surface area contributed by atoms with Crippen molar-refractivity contribution in [3.63, 3.8) is 0 Å². The van der Waals surface area contributed by atoms with Crippen LogP contribution in [0.2, 0.25) is 0 Å². The van der Waals surface area contributed by atoms with Crippen LogP contribution in [0.3, 0.4) is 0 Å². The second-order valence-electron chi connectivity index (χ2n) is 6.33. The molecule has 1 heterocycles. The summed E-state index contributed by atoms with van der Waals surface area (Å²) in [4.78, 5) is 12.3. The summed E-state index contributed by atoms with van der Waals surface area (Å²) < 4.78 is 5.04. The number of hydrogen-bond acceptors (Lipinski definition) is 5. The van der Waals surface area contributed by atoms with Crippen LogP contribution in [0.5, 0.6) is 11.5 Å². The van der Waals surface area contributed by atoms with Crippen molar-refractivity contribution >= 4 is 22.9 Å². The summed E-state index contributed by atoms with van der Waals surface area (Å²) in [6.07, 6.45) is 1.34. The molecule has 0 atom stereocenters. The SMILES string of the molecule is COc1cccc(/C=N\NC(=O)c2cc(-c3ccc4ccccc4c3)n[nH]2)c1O. The van der Waals surface area contributed by atoms with Crippen LogP contribution in [0.25, 0.3) is 22.0 Å². The van der Waals surface area contributed by atoms with Gasteiger partial charge in [-0.2, -0.15) is 10.2 Å². The molecule has 4 aromatic rings. The van der Waals surface area contributed by atoms with E-state index in [1.165, 1.54) is 13.3 Å². The summed E-state index contributed by atoms with van der Waals surface area (Å²) in [6.45, 7) is 0. The summed E-state index contributed by atoms with van der Waals surface area (Å²) in [7, 11) is 1.46. The average molecular weight is 386 g/mol. The second kappa shape index (κ2) is 7.85. The monoisotopic (exact) mass is 386 g/mol. The zero-order valence-electron chi connectivity index (χ0n) is 15.6. The lowest BCUT2D eigenvalue weighted by Crippen LogP contribution is -2.18. The van der Waals surface area contributed by atoms with Crippen molar-refractivity contribution in [1.82, 2.24) is 15.6 Å². The largest absolute Gasteiger partial charge is 0.504 e. The van der Waals surface area contributed by atoms with Gasteiger partial charge in [0.2, 0.25) is 0 Å². The molecule has 0 spiro atoms. The van der Waals surface area contributed by atoms with Gasteiger partial charge in [0.15, 0.2) is 11.5 Å². The van der Waals surface area contributed by atoms with Crippen LogP contribution in [0, 0.1) is 0 Å². The lowest BCUT2D eigenvalue weighted by atomic mass is 10.1. The Morgan fingerprint density at radius 2 is 1.93 bits per heavy atom. The minimum Gasteiger partial charge on any atom is -0.504 e. The van der Waals surface area contributed by atoms with E-state index in [-0.39, 0.29) is 11.4 Å². The van der Waals surface area contributed by atoms with Gasteiger partial charge < -0.3 is 9.84 Å². The number of amides is 1. The Kier molecular flexibility index (Phi) is 4.94. The van der Waals surface area contributed by atoms with Gasteiger partial charge in [0.25, 0.3) is 5.91 Å². The molecule has 0 fully saturated rings. The molecule has 4 rings (SSSR count). The molecule has 0 bridgehead atoms. The Hall–Kier alpha value is -4.13. The fourth-order valence-electron chi connectivity index (χ4n) is 2.96. The number of aromatic amines is 1. The van der Waals surface area contributed by atoms with E-state index in [2.05, 4.69) is 20.7 Å². The molecule has 144 valence electrons. The molecule has 0 radical (unpaired) electrons. The van der Waals surface area contributed by atoms with Gasteiger partial charge >= 0.3 is 0 Å². The van der Waals surface area contributed by atoms with Crippen molar-refractivity contribution in [3.05, 3.63) is 78.0 Å². The van der Waals surface area contributed by atoms with Gasteiger partial charge in [-0.25, -0.2) is 5.43 Å². The number of carbonyl (C=O) groups is 1. The van der Waals surface area contributed by atoms with Gasteiger partial charge in [-0.3, -0.25) is 9.89 Å². The van der Waals surface area contributed by atoms with Crippen LogP contribution in [0.15, 0.2) is 71.8 Å². The first-order chi connectivity index (χ1) is 14.2. The molecule has 0 aliphatic heterocycles. The van der Waals surface area contributed by atoms with E-state index in [1.54, 1.807) is 24.3 Å². The van der Waals surface area contributed by atoms with E-state index in [0.29, 0.717) is 17.0 Å². The quantitative estimate of drug-likeness (QED) is 0.360. The molecule has 7 nitrogen and oxygen atoms in total. The first kappa shape index (κ1) is 18.2. The van der Waals surface area contributed by atoms with E-state index in [9.17, 15) is 9.90 Å². The first-order valence-corrected chi connectivity index (χ1v) is 8.89. The highest BCUT2D eigenvalue weighted by Gasteiger charge is 2.11. The first-order valence-electron chi connectivity index (χ1n) is 8.89. The molecule has 3 N–H and O–H groups in total. The number of aromatic hydroxyl groups is 1. The summed E-state index contributed by atoms with van der Waals surface area (Å²) >= 11 is 0. The molecule has 0 aliphatic rings. The smallest absolute Gasteiger partial charge is 0.289 e. The van der Waals surface area contributed by atoms with Gasteiger partial charge in [0.1, 0.15) is 5.69 Å². The van der Waals surface area contributed by atoms with Crippen molar-refractivity contribution in [2.45, 2.75) is 0 Å². The average Bonchev–Trinajstić information content (AvgIpc) is 3.25. The number of carbonyl (C=O) groups excluding carboxylic acids is 1. The predicted octanol–water partition coefficient (Wildman–Crippen LogP) is 3.71. The van der Waals surface area contributed by atoms with Crippen LogP contribution in [-0.2, 0) is 0 Å². The number of nitrogens with zero attached hydrogens (tertiary/aromatic N) is 2. The van der Waals surface area contributed by atoms with Crippen LogP contribution < -0.4 is 10.2 Å². The lowest BCUT2D eigenvalue weighted by Gasteiger charge is -2.04. The van der Waals surface area contributed by atoms with Gasteiger partial charge in [-0.1, -0.05) is 42.5 Å². The highest BCUT2D eigenvalue weighted by molar-refractivity contribution is 5.95. The number of ether oxygens (including phenoxy) is 1. The van der Waals surface area contributed by atoms with E-state index in [1.807, 2.05) is 42.5 Å². The van der Waals surface area contributed by atoms with Crippen molar-refractivity contribution in [2.75, 3.05) is 7.11 Å². The lowest BCUT2D eigenvalue weighted by molar-refractivity contribution is 0.0950. The van der Waals surface area contributed by atoms with E-state index >= 15 is 0 Å². The molecule has 29 heavy (non-hydrogen) atoms. The Labute approximate surface area is 166 Å². The fraction of sp³-hybridized carbons (Fsp3) is 0.0455. The van der Waals surface area contributed by atoms with Crippen LogP contribution in [-0.4, -0.2) is 34.5 Å². The highest BCUT2D eigenvalue weighted by atomic mass is 16.5. The normalized spacial score (nSPS) is 11.1. The third-order valence-corrected chi connectivity index (χ3v) is 4.49. The molecular formula is C22H18N4O3. The summed E-state index contributed by atoms with van der Waals surface area (Å²) in [5, 5.41) is 23.1. The minimum atomic E-state index is -0.442. The number of H-pyrrole nitrogens is 1. The number of hydrogen-bond donors (Lipinski definition) is 3. The third kappa shape index (κ3) is 3.79. The van der Waals surface area contributed by atoms with E-state index in [4.69, 9.17) is 4.74 Å². The molecule has 1 aromatic heterocycles. The molecule has 3 aromatic carbocycles. The summed E-state index contributed by atoms with van der Waals surface area (Å²) in [5.74, 6) is -0.162. The number of aromatic nitrogens is 2. The van der Waals surface area contributed by atoms with Crippen LogP contribution in [0.1, 0.15) is 16.1 Å². The number of rotatable bonds is 5. The second-order valence-corrected chi connectivity index (χ2v) is 6.33. The number of fused-ring (bicyclic) bond motifs is 1. The zero-order chi connectivity index (χ0) is 20.2. The fourth-order valence-corrected chi connectivity index (χ4v) is 2.96. The number of phenols is 1. The number of phenolic OH excluding ortho intramolecular Hbond substituents is 1. The number of methoxy groups -OCH3 is 1. The molecule has 7 heteroatoms. The number of nitrogens with one attached hydrogen (secondary N) is 2. The maximum Gasteiger partial charge on any atom is 0.289 e. The molecule has 0 unspecified atom stereocenters. The van der Waals surface area contributed by atoms with Gasteiger partial charge in [0, 0.05) is 11.1 Å². The Balaban J connectivity index is 1.48. The minimum absolute atomic E-state index is 0.0480. The Morgan fingerprint density at radius 3 is 2.76 bits per heavy atom. The maximum atomic E-state index is 12.3. The number of benzene rings is 3. The van der Waals surface area contributed by atoms with Crippen LogP contribution >= 0.6 is 0 Å². The van der Waals surface area contributed by atoms with Gasteiger partial charge in [-0.05, 0) is 35.0 Å². The molecule has 1 amide bonds. The third-order valence-electron chi connectivity index (χ3n) is 4.49. The number of para-hydroxylation sites is 1. The van der Waals surface area contributed by atoms with E-state index < -0.39 is 5.91 Å². The molecule has 0 saturated heterocycles. The molecule has 0 aliphatic carbocycles.